The fourth-order valence-electron chi connectivity index (χ4n) is 3.58. The number of rotatable bonds is 6. The standard InChI is InChI=1S/C22H23F2NOS2/c23-18-7-4-8-19(24)21(18)22-25-20(13-26-22)16-11-9-15(10-12-16)14-27-28-17-5-2-1-3-6-17/h4,7-12,17,20H,1-3,5-6,13-14H2. The van der Waals surface area contributed by atoms with Crippen LogP contribution in [-0.4, -0.2) is 17.8 Å². The monoisotopic (exact) mass is 419 g/mol. The molecule has 28 heavy (non-hydrogen) atoms. The first-order valence-electron chi connectivity index (χ1n) is 9.73. The normalized spacial score (nSPS) is 20.1. The summed E-state index contributed by atoms with van der Waals surface area (Å²) in [6.45, 7) is 0.300. The summed E-state index contributed by atoms with van der Waals surface area (Å²) in [5, 5.41) is 0.806. The smallest absolute Gasteiger partial charge is 0.222 e. The Labute approximate surface area is 172 Å². The van der Waals surface area contributed by atoms with Gasteiger partial charge >= 0.3 is 0 Å². The van der Waals surface area contributed by atoms with Gasteiger partial charge in [0.15, 0.2) is 0 Å². The van der Waals surface area contributed by atoms with Crippen molar-refractivity contribution in [3.63, 3.8) is 0 Å². The zero-order chi connectivity index (χ0) is 19.3. The van der Waals surface area contributed by atoms with E-state index in [0.29, 0.717) is 6.61 Å². The molecule has 2 aromatic carbocycles. The van der Waals surface area contributed by atoms with Gasteiger partial charge in [-0.1, -0.05) is 71.2 Å². The molecule has 0 saturated heterocycles. The van der Waals surface area contributed by atoms with Crippen molar-refractivity contribution in [2.45, 2.75) is 49.1 Å². The van der Waals surface area contributed by atoms with Crippen molar-refractivity contribution in [3.8, 4) is 0 Å². The van der Waals surface area contributed by atoms with Crippen LogP contribution in [0.5, 0.6) is 0 Å². The van der Waals surface area contributed by atoms with Crippen LogP contribution in [0, 0.1) is 11.6 Å². The van der Waals surface area contributed by atoms with Crippen LogP contribution in [0.25, 0.3) is 0 Å². The lowest BCUT2D eigenvalue weighted by Crippen LogP contribution is -2.07. The van der Waals surface area contributed by atoms with Gasteiger partial charge in [-0.2, -0.15) is 0 Å². The maximum absolute atomic E-state index is 13.9. The van der Waals surface area contributed by atoms with Crippen LogP contribution < -0.4 is 0 Å². The Bertz CT molecular complexity index is 815. The van der Waals surface area contributed by atoms with Gasteiger partial charge in [0.2, 0.25) is 5.90 Å². The number of halogens is 2. The lowest BCUT2D eigenvalue weighted by atomic mass is 10.0. The summed E-state index contributed by atoms with van der Waals surface area (Å²) < 4.78 is 33.4. The van der Waals surface area contributed by atoms with Crippen LogP contribution >= 0.6 is 21.6 Å². The first kappa shape index (κ1) is 19.8. The van der Waals surface area contributed by atoms with Crippen molar-refractivity contribution in [3.05, 3.63) is 70.8 Å². The van der Waals surface area contributed by atoms with Gasteiger partial charge in [-0.05, 0) is 36.1 Å². The van der Waals surface area contributed by atoms with E-state index in [1.165, 1.54) is 55.9 Å². The molecule has 2 aromatic rings. The molecular weight excluding hydrogens is 396 g/mol. The summed E-state index contributed by atoms with van der Waals surface area (Å²) >= 11 is 0. The van der Waals surface area contributed by atoms with E-state index < -0.39 is 11.6 Å². The molecule has 6 heteroatoms. The molecule has 0 bridgehead atoms. The van der Waals surface area contributed by atoms with Gasteiger partial charge < -0.3 is 4.74 Å². The largest absolute Gasteiger partial charge is 0.475 e. The van der Waals surface area contributed by atoms with Crippen LogP contribution in [0.2, 0.25) is 0 Å². The van der Waals surface area contributed by atoms with Crippen LogP contribution in [-0.2, 0) is 10.5 Å². The quantitative estimate of drug-likeness (QED) is 0.487. The van der Waals surface area contributed by atoms with Crippen LogP contribution in [0.15, 0.2) is 47.5 Å². The highest BCUT2D eigenvalue weighted by atomic mass is 33.1. The molecule has 1 fully saturated rings. The highest BCUT2D eigenvalue weighted by Gasteiger charge is 2.26. The number of nitrogens with zero attached hydrogens (tertiary/aromatic N) is 1. The maximum Gasteiger partial charge on any atom is 0.222 e. The Morgan fingerprint density at radius 2 is 1.68 bits per heavy atom. The molecule has 1 atom stereocenters. The van der Waals surface area contributed by atoms with Gasteiger partial charge in [0.1, 0.15) is 29.8 Å². The van der Waals surface area contributed by atoms with E-state index in [1.807, 2.05) is 33.7 Å². The van der Waals surface area contributed by atoms with Crippen LogP contribution in [0.4, 0.5) is 8.78 Å². The molecule has 0 spiro atoms. The topological polar surface area (TPSA) is 21.6 Å². The summed E-state index contributed by atoms with van der Waals surface area (Å²) in [5.41, 5.74) is 2.10. The minimum absolute atomic E-state index is 0.0455. The van der Waals surface area contributed by atoms with Crippen molar-refractivity contribution < 1.29 is 13.5 Å². The van der Waals surface area contributed by atoms with Gasteiger partial charge in [-0.15, -0.1) is 0 Å². The summed E-state index contributed by atoms with van der Waals surface area (Å²) in [7, 11) is 3.96. The molecule has 1 unspecified atom stereocenters. The van der Waals surface area contributed by atoms with Crippen LogP contribution in [0.3, 0.4) is 0 Å². The predicted octanol–water partition coefficient (Wildman–Crippen LogP) is 6.70. The predicted molar refractivity (Wildman–Crippen MR) is 114 cm³/mol. The van der Waals surface area contributed by atoms with E-state index in [1.54, 1.807) is 0 Å². The third kappa shape index (κ3) is 4.71. The minimum atomic E-state index is -0.651. The minimum Gasteiger partial charge on any atom is -0.475 e. The van der Waals surface area contributed by atoms with Gasteiger partial charge in [0.25, 0.3) is 0 Å². The third-order valence-corrected chi connectivity index (χ3v) is 8.08. The number of hydrogen-bond donors (Lipinski definition) is 0. The van der Waals surface area contributed by atoms with Gasteiger partial charge in [0, 0.05) is 11.0 Å². The molecule has 1 heterocycles. The molecule has 2 aliphatic rings. The second-order valence-corrected chi connectivity index (χ2v) is 9.89. The van der Waals surface area contributed by atoms with Crippen molar-refractivity contribution in [2.24, 2.45) is 4.99 Å². The molecule has 0 radical (unpaired) electrons. The zero-order valence-corrected chi connectivity index (χ0v) is 17.2. The third-order valence-electron chi connectivity index (χ3n) is 5.17. The van der Waals surface area contributed by atoms with E-state index in [4.69, 9.17) is 4.74 Å². The van der Waals surface area contributed by atoms with Crippen molar-refractivity contribution in [1.29, 1.82) is 0 Å². The summed E-state index contributed by atoms with van der Waals surface area (Å²) in [4.78, 5) is 4.41. The molecule has 148 valence electrons. The van der Waals surface area contributed by atoms with Gasteiger partial charge in [-0.3, -0.25) is 0 Å². The average Bonchev–Trinajstić information content (AvgIpc) is 3.19. The van der Waals surface area contributed by atoms with E-state index in [0.717, 1.165) is 16.6 Å². The number of hydrogen-bond acceptors (Lipinski definition) is 4. The van der Waals surface area contributed by atoms with Crippen molar-refractivity contribution in [1.82, 2.24) is 0 Å². The number of aliphatic imine (C=N–C) groups is 1. The highest BCUT2D eigenvalue weighted by Crippen LogP contribution is 2.38. The molecule has 4 rings (SSSR count). The van der Waals surface area contributed by atoms with E-state index in [9.17, 15) is 8.78 Å². The van der Waals surface area contributed by atoms with Gasteiger partial charge in [0.05, 0.1) is 0 Å². The molecule has 0 amide bonds. The molecule has 0 N–H and O–H groups in total. The van der Waals surface area contributed by atoms with E-state index in [2.05, 4.69) is 17.1 Å². The summed E-state index contributed by atoms with van der Waals surface area (Å²) in [6, 6.07) is 11.8. The lowest BCUT2D eigenvalue weighted by molar-refractivity contribution is 0.317. The maximum atomic E-state index is 13.9. The Balaban J connectivity index is 1.35. The Hall–Kier alpha value is -1.53. The van der Waals surface area contributed by atoms with E-state index >= 15 is 0 Å². The fourth-order valence-corrected chi connectivity index (χ4v) is 6.46. The highest BCUT2D eigenvalue weighted by molar-refractivity contribution is 8.76. The summed E-state index contributed by atoms with van der Waals surface area (Å²) in [5.74, 6) is -0.272. The average molecular weight is 420 g/mol. The summed E-state index contributed by atoms with van der Waals surface area (Å²) in [6.07, 6.45) is 6.83. The molecule has 1 aliphatic heterocycles. The second kappa shape index (κ2) is 9.31. The first-order chi connectivity index (χ1) is 13.7. The Kier molecular flexibility index (Phi) is 6.58. The number of benzene rings is 2. The lowest BCUT2D eigenvalue weighted by Gasteiger charge is -2.20. The Morgan fingerprint density at radius 1 is 0.964 bits per heavy atom. The van der Waals surface area contributed by atoms with E-state index in [-0.39, 0.29) is 17.5 Å². The van der Waals surface area contributed by atoms with Crippen LogP contribution in [0.1, 0.15) is 54.8 Å². The number of ether oxygens (including phenoxy) is 1. The van der Waals surface area contributed by atoms with Crippen molar-refractivity contribution >= 4 is 27.5 Å². The molecule has 0 aromatic heterocycles. The van der Waals surface area contributed by atoms with Crippen molar-refractivity contribution in [2.75, 3.05) is 6.61 Å². The molecule has 2 nitrogen and oxygen atoms in total. The molecular formula is C22H23F2NOS2. The second-order valence-electron chi connectivity index (χ2n) is 7.22. The Morgan fingerprint density at radius 3 is 2.39 bits per heavy atom. The molecule has 1 saturated carbocycles. The molecule has 1 aliphatic carbocycles. The SMILES string of the molecule is Fc1cccc(F)c1C1=NC(c2ccc(CSSC3CCCCC3)cc2)CO1. The zero-order valence-electron chi connectivity index (χ0n) is 15.6. The van der Waals surface area contributed by atoms with Gasteiger partial charge in [-0.25, -0.2) is 13.8 Å². The fraction of sp³-hybridized carbons (Fsp3) is 0.409. The first-order valence-corrected chi connectivity index (χ1v) is 12.1.